The summed E-state index contributed by atoms with van der Waals surface area (Å²) in [7, 11) is 0. The molecule has 0 aromatic heterocycles. The lowest BCUT2D eigenvalue weighted by atomic mass is 10.1. The van der Waals surface area contributed by atoms with Gasteiger partial charge in [0.25, 0.3) is 0 Å². The fourth-order valence-electron chi connectivity index (χ4n) is 2.38. The van der Waals surface area contributed by atoms with Crippen LogP contribution in [0.15, 0.2) is 47.6 Å². The standard InChI is InChI=1S/C21H25ClN2O3/c1-4-26-20-12-16(13-23-24-21(25)10-15(2)3)8-9-19(20)27-14-17-6-5-7-18(22)11-17/h5-9,11-13,15H,4,10,14H2,1-3H3,(H,24,25). The molecule has 1 N–H and O–H groups in total. The molecule has 0 aliphatic carbocycles. The molecule has 0 saturated heterocycles. The molecule has 0 atom stereocenters. The van der Waals surface area contributed by atoms with Crippen LogP contribution in [0.3, 0.4) is 0 Å². The summed E-state index contributed by atoms with van der Waals surface area (Å²) in [6.45, 7) is 6.78. The highest BCUT2D eigenvalue weighted by Gasteiger charge is 2.07. The van der Waals surface area contributed by atoms with Crippen LogP contribution in [0.2, 0.25) is 5.02 Å². The third-order valence-corrected chi connectivity index (χ3v) is 3.78. The lowest BCUT2D eigenvalue weighted by molar-refractivity contribution is -0.121. The predicted octanol–water partition coefficient (Wildman–Crippen LogP) is 4.81. The first-order valence-corrected chi connectivity index (χ1v) is 9.31. The van der Waals surface area contributed by atoms with Gasteiger partial charge in [0.1, 0.15) is 6.61 Å². The van der Waals surface area contributed by atoms with Crippen LogP contribution in [-0.2, 0) is 11.4 Å². The van der Waals surface area contributed by atoms with Crippen molar-refractivity contribution in [2.45, 2.75) is 33.8 Å². The van der Waals surface area contributed by atoms with Crippen molar-refractivity contribution in [1.29, 1.82) is 0 Å². The minimum atomic E-state index is -0.104. The van der Waals surface area contributed by atoms with Crippen LogP contribution in [0, 0.1) is 5.92 Å². The molecule has 0 fully saturated rings. The van der Waals surface area contributed by atoms with Crippen LogP contribution in [0.4, 0.5) is 0 Å². The van der Waals surface area contributed by atoms with Gasteiger partial charge in [0.15, 0.2) is 11.5 Å². The molecule has 0 bridgehead atoms. The minimum Gasteiger partial charge on any atom is -0.490 e. The van der Waals surface area contributed by atoms with Gasteiger partial charge in [0, 0.05) is 11.4 Å². The first-order chi connectivity index (χ1) is 13.0. The van der Waals surface area contributed by atoms with Crippen LogP contribution in [0.25, 0.3) is 0 Å². The van der Waals surface area contributed by atoms with E-state index in [9.17, 15) is 4.79 Å². The van der Waals surface area contributed by atoms with Crippen molar-refractivity contribution in [3.8, 4) is 11.5 Å². The number of carbonyl (C=O) groups is 1. The number of hydrogen-bond donors (Lipinski definition) is 1. The third-order valence-electron chi connectivity index (χ3n) is 3.55. The highest BCUT2D eigenvalue weighted by Crippen LogP contribution is 2.29. The van der Waals surface area contributed by atoms with Crippen LogP contribution in [0.5, 0.6) is 11.5 Å². The molecule has 6 heteroatoms. The molecular formula is C21H25ClN2O3. The number of carbonyl (C=O) groups excluding carboxylic acids is 1. The molecule has 0 aliphatic rings. The van der Waals surface area contributed by atoms with E-state index in [1.807, 2.05) is 63.2 Å². The molecule has 27 heavy (non-hydrogen) atoms. The Balaban J connectivity index is 2.03. The number of nitrogens with zero attached hydrogens (tertiary/aromatic N) is 1. The summed E-state index contributed by atoms with van der Waals surface area (Å²) < 4.78 is 11.5. The van der Waals surface area contributed by atoms with Crippen LogP contribution in [0.1, 0.15) is 38.3 Å². The van der Waals surface area contributed by atoms with Crippen molar-refractivity contribution < 1.29 is 14.3 Å². The number of rotatable bonds is 9. The largest absolute Gasteiger partial charge is 0.490 e. The lowest BCUT2D eigenvalue weighted by Gasteiger charge is -2.13. The lowest BCUT2D eigenvalue weighted by Crippen LogP contribution is -2.19. The molecule has 0 radical (unpaired) electrons. The SMILES string of the molecule is CCOc1cc(C=NNC(=O)CC(C)C)ccc1OCc1cccc(Cl)c1. The van der Waals surface area contributed by atoms with E-state index < -0.39 is 0 Å². The van der Waals surface area contributed by atoms with E-state index in [2.05, 4.69) is 10.5 Å². The number of benzene rings is 2. The van der Waals surface area contributed by atoms with Crippen molar-refractivity contribution in [2.75, 3.05) is 6.61 Å². The Morgan fingerprint density at radius 1 is 1.19 bits per heavy atom. The Kier molecular flexibility index (Phi) is 8.14. The molecule has 144 valence electrons. The molecule has 2 rings (SSSR count). The summed E-state index contributed by atoms with van der Waals surface area (Å²) in [5.74, 6) is 1.45. The van der Waals surface area contributed by atoms with Crippen LogP contribution < -0.4 is 14.9 Å². The fraction of sp³-hybridized carbons (Fsp3) is 0.333. The van der Waals surface area contributed by atoms with Gasteiger partial charge in [0.05, 0.1) is 12.8 Å². The van der Waals surface area contributed by atoms with Gasteiger partial charge in [-0.05, 0) is 54.3 Å². The van der Waals surface area contributed by atoms with E-state index in [0.29, 0.717) is 42.1 Å². The van der Waals surface area contributed by atoms with Crippen LogP contribution in [-0.4, -0.2) is 18.7 Å². The molecule has 2 aromatic rings. The van der Waals surface area contributed by atoms with E-state index in [1.54, 1.807) is 6.21 Å². The Morgan fingerprint density at radius 2 is 2.00 bits per heavy atom. The van der Waals surface area contributed by atoms with Gasteiger partial charge < -0.3 is 9.47 Å². The van der Waals surface area contributed by atoms with Gasteiger partial charge >= 0.3 is 0 Å². The average Bonchev–Trinajstić information content (AvgIpc) is 2.61. The molecule has 0 saturated carbocycles. The summed E-state index contributed by atoms with van der Waals surface area (Å²) >= 11 is 6.00. The smallest absolute Gasteiger partial charge is 0.240 e. The van der Waals surface area contributed by atoms with Gasteiger partial charge in [-0.2, -0.15) is 5.10 Å². The summed E-state index contributed by atoms with van der Waals surface area (Å²) in [5, 5.41) is 4.67. The van der Waals surface area contributed by atoms with E-state index in [-0.39, 0.29) is 5.91 Å². The maximum Gasteiger partial charge on any atom is 0.240 e. The molecule has 0 aliphatic heterocycles. The number of ether oxygens (including phenoxy) is 2. The highest BCUT2D eigenvalue weighted by molar-refractivity contribution is 6.30. The maximum atomic E-state index is 11.6. The molecule has 1 amide bonds. The van der Waals surface area contributed by atoms with Gasteiger partial charge in [0.2, 0.25) is 5.91 Å². The first-order valence-electron chi connectivity index (χ1n) is 8.94. The summed E-state index contributed by atoms with van der Waals surface area (Å²) in [5.41, 5.74) is 4.31. The zero-order valence-electron chi connectivity index (χ0n) is 15.9. The topological polar surface area (TPSA) is 59.9 Å². The highest BCUT2D eigenvalue weighted by atomic mass is 35.5. The number of halogens is 1. The first kappa shape index (κ1) is 20.8. The zero-order chi connectivity index (χ0) is 19.6. The Bertz CT molecular complexity index is 791. The monoisotopic (exact) mass is 388 g/mol. The number of nitrogens with one attached hydrogen (secondary N) is 1. The fourth-order valence-corrected chi connectivity index (χ4v) is 2.59. The quantitative estimate of drug-likeness (QED) is 0.495. The predicted molar refractivity (Wildman–Crippen MR) is 109 cm³/mol. The normalized spacial score (nSPS) is 11.0. The number of amides is 1. The minimum absolute atomic E-state index is 0.104. The van der Waals surface area contributed by atoms with Crippen molar-refractivity contribution in [1.82, 2.24) is 5.43 Å². The second kappa shape index (κ2) is 10.6. The number of hydrogen-bond acceptors (Lipinski definition) is 4. The second-order valence-electron chi connectivity index (χ2n) is 6.45. The Morgan fingerprint density at radius 3 is 2.70 bits per heavy atom. The van der Waals surface area contributed by atoms with Gasteiger partial charge in [-0.1, -0.05) is 37.6 Å². The third kappa shape index (κ3) is 7.31. The molecule has 0 unspecified atom stereocenters. The molecule has 0 spiro atoms. The van der Waals surface area contributed by atoms with Crippen molar-refractivity contribution >= 4 is 23.7 Å². The zero-order valence-corrected chi connectivity index (χ0v) is 16.6. The second-order valence-corrected chi connectivity index (χ2v) is 6.89. The summed E-state index contributed by atoms with van der Waals surface area (Å²) in [6.07, 6.45) is 2.03. The van der Waals surface area contributed by atoms with Crippen molar-refractivity contribution in [3.05, 3.63) is 58.6 Å². The van der Waals surface area contributed by atoms with E-state index in [1.165, 1.54) is 0 Å². The van der Waals surface area contributed by atoms with E-state index in [4.69, 9.17) is 21.1 Å². The van der Waals surface area contributed by atoms with Crippen molar-refractivity contribution in [3.63, 3.8) is 0 Å². The number of hydrazone groups is 1. The molecule has 5 nitrogen and oxygen atoms in total. The molecule has 0 heterocycles. The average molecular weight is 389 g/mol. The molecular weight excluding hydrogens is 364 g/mol. The molecule has 2 aromatic carbocycles. The van der Waals surface area contributed by atoms with Crippen LogP contribution >= 0.6 is 11.6 Å². The van der Waals surface area contributed by atoms with Gasteiger partial charge in [-0.3, -0.25) is 4.79 Å². The Hall–Kier alpha value is -2.53. The van der Waals surface area contributed by atoms with E-state index in [0.717, 1.165) is 11.1 Å². The van der Waals surface area contributed by atoms with Gasteiger partial charge in [-0.25, -0.2) is 5.43 Å². The van der Waals surface area contributed by atoms with E-state index >= 15 is 0 Å². The summed E-state index contributed by atoms with van der Waals surface area (Å²) in [6, 6.07) is 13.0. The Labute approximate surface area is 165 Å². The maximum absolute atomic E-state index is 11.6. The summed E-state index contributed by atoms with van der Waals surface area (Å²) in [4.78, 5) is 11.6. The van der Waals surface area contributed by atoms with Crippen molar-refractivity contribution in [2.24, 2.45) is 11.0 Å². The van der Waals surface area contributed by atoms with Gasteiger partial charge in [-0.15, -0.1) is 0 Å².